The molecule has 0 saturated heterocycles. The molecule has 1 heterocycles. The van der Waals surface area contributed by atoms with Crippen molar-refractivity contribution in [2.45, 2.75) is 6.42 Å². The van der Waals surface area contributed by atoms with Gasteiger partial charge in [0.25, 0.3) is 5.56 Å². The molecule has 0 spiro atoms. The first-order chi connectivity index (χ1) is 9.25. The molecule has 19 heavy (non-hydrogen) atoms. The van der Waals surface area contributed by atoms with Gasteiger partial charge in [0.05, 0.1) is 5.02 Å². The molecule has 0 radical (unpaired) electrons. The van der Waals surface area contributed by atoms with Crippen molar-refractivity contribution in [3.05, 3.63) is 81.1 Å². The van der Waals surface area contributed by atoms with E-state index < -0.39 is 0 Å². The fourth-order valence-electron chi connectivity index (χ4n) is 2.20. The summed E-state index contributed by atoms with van der Waals surface area (Å²) in [7, 11) is 0. The molecular formula is C16H12ClNO. The van der Waals surface area contributed by atoms with Gasteiger partial charge in [-0.05, 0) is 11.6 Å². The van der Waals surface area contributed by atoms with Crippen molar-refractivity contribution in [3.63, 3.8) is 0 Å². The maximum Gasteiger partial charge on any atom is 0.253 e. The minimum Gasteiger partial charge on any atom is -0.322 e. The summed E-state index contributed by atoms with van der Waals surface area (Å²) in [5.74, 6) is 0. The van der Waals surface area contributed by atoms with Crippen LogP contribution in [0.25, 0.3) is 10.9 Å². The molecule has 0 aliphatic rings. The molecule has 1 aromatic heterocycles. The molecule has 0 amide bonds. The molecule has 2 aromatic carbocycles. The fraction of sp³-hybridized carbons (Fsp3) is 0.0625. The van der Waals surface area contributed by atoms with Crippen LogP contribution in [0.3, 0.4) is 0 Å². The Kier molecular flexibility index (Phi) is 3.10. The molecular weight excluding hydrogens is 258 g/mol. The SMILES string of the molecule is O=c1[nH]c2ccccc2c(Cl)c1Cc1ccccc1. The third kappa shape index (κ3) is 2.27. The number of halogens is 1. The fourth-order valence-corrected chi connectivity index (χ4v) is 2.52. The van der Waals surface area contributed by atoms with Crippen LogP contribution in [0, 0.1) is 0 Å². The van der Waals surface area contributed by atoms with Crippen molar-refractivity contribution >= 4 is 22.5 Å². The normalized spacial score (nSPS) is 10.8. The molecule has 2 nitrogen and oxygen atoms in total. The third-order valence-corrected chi connectivity index (χ3v) is 3.61. The average molecular weight is 270 g/mol. The van der Waals surface area contributed by atoms with Crippen LogP contribution in [0.1, 0.15) is 11.1 Å². The molecule has 3 heteroatoms. The lowest BCUT2D eigenvalue weighted by atomic mass is 10.0. The predicted molar refractivity (Wildman–Crippen MR) is 78.8 cm³/mol. The van der Waals surface area contributed by atoms with Gasteiger partial charge in [0.1, 0.15) is 0 Å². The van der Waals surface area contributed by atoms with Gasteiger partial charge in [-0.1, -0.05) is 60.1 Å². The van der Waals surface area contributed by atoms with Crippen LogP contribution >= 0.6 is 11.6 Å². The van der Waals surface area contributed by atoms with Crippen LogP contribution in [0.2, 0.25) is 5.02 Å². The van der Waals surface area contributed by atoms with Crippen molar-refractivity contribution < 1.29 is 0 Å². The highest BCUT2D eigenvalue weighted by Gasteiger charge is 2.10. The average Bonchev–Trinajstić information content (AvgIpc) is 2.45. The van der Waals surface area contributed by atoms with Gasteiger partial charge < -0.3 is 4.98 Å². The number of hydrogen-bond donors (Lipinski definition) is 1. The highest BCUT2D eigenvalue weighted by atomic mass is 35.5. The summed E-state index contributed by atoms with van der Waals surface area (Å²) in [6, 6.07) is 17.4. The number of H-pyrrole nitrogens is 1. The van der Waals surface area contributed by atoms with Gasteiger partial charge in [0.15, 0.2) is 0 Å². The minimum absolute atomic E-state index is 0.118. The first-order valence-corrected chi connectivity index (χ1v) is 6.47. The molecule has 0 aliphatic carbocycles. The number of aromatic amines is 1. The molecule has 0 unspecified atom stereocenters. The van der Waals surface area contributed by atoms with E-state index in [1.807, 2.05) is 54.6 Å². The summed E-state index contributed by atoms with van der Waals surface area (Å²) in [5, 5.41) is 1.43. The van der Waals surface area contributed by atoms with Crippen molar-refractivity contribution in [1.29, 1.82) is 0 Å². The van der Waals surface area contributed by atoms with E-state index in [0.29, 0.717) is 17.0 Å². The Labute approximate surface area is 115 Å². The highest BCUT2D eigenvalue weighted by molar-refractivity contribution is 6.36. The topological polar surface area (TPSA) is 32.9 Å². The number of rotatable bonds is 2. The number of para-hydroxylation sites is 1. The number of benzene rings is 2. The minimum atomic E-state index is -0.118. The zero-order valence-corrected chi connectivity index (χ0v) is 10.9. The largest absolute Gasteiger partial charge is 0.322 e. The Hall–Kier alpha value is -2.06. The molecule has 3 rings (SSSR count). The van der Waals surface area contributed by atoms with Crippen molar-refractivity contribution in [2.75, 3.05) is 0 Å². The van der Waals surface area contributed by atoms with E-state index in [1.165, 1.54) is 0 Å². The van der Waals surface area contributed by atoms with E-state index >= 15 is 0 Å². The number of hydrogen-bond acceptors (Lipinski definition) is 1. The lowest BCUT2D eigenvalue weighted by Gasteiger charge is -2.07. The Morgan fingerprint density at radius 3 is 2.42 bits per heavy atom. The first kappa shape index (κ1) is 12.0. The quantitative estimate of drug-likeness (QED) is 0.755. The van der Waals surface area contributed by atoms with E-state index in [-0.39, 0.29) is 5.56 Å². The molecule has 0 atom stereocenters. The van der Waals surface area contributed by atoms with Crippen molar-refractivity contribution in [1.82, 2.24) is 4.98 Å². The standard InChI is InChI=1S/C16H12ClNO/c17-15-12-8-4-5-9-14(12)18-16(19)13(15)10-11-6-2-1-3-7-11/h1-9H,10H2,(H,18,19). The van der Waals surface area contributed by atoms with Crippen LogP contribution < -0.4 is 5.56 Å². The summed E-state index contributed by atoms with van der Waals surface area (Å²) in [5.41, 5.74) is 2.35. The molecule has 0 aliphatic heterocycles. The second kappa shape index (κ2) is 4.90. The Bertz CT molecular complexity index is 778. The van der Waals surface area contributed by atoms with Gasteiger partial charge in [-0.2, -0.15) is 0 Å². The summed E-state index contributed by atoms with van der Waals surface area (Å²) in [6.45, 7) is 0. The van der Waals surface area contributed by atoms with Crippen LogP contribution in [-0.2, 0) is 6.42 Å². The van der Waals surface area contributed by atoms with Gasteiger partial charge in [0.2, 0.25) is 0 Å². The maximum absolute atomic E-state index is 12.1. The van der Waals surface area contributed by atoms with Gasteiger partial charge >= 0.3 is 0 Å². The summed E-state index contributed by atoms with van der Waals surface area (Å²) < 4.78 is 0. The van der Waals surface area contributed by atoms with Gasteiger partial charge in [-0.3, -0.25) is 4.79 Å². The molecule has 0 fully saturated rings. The predicted octanol–water partition coefficient (Wildman–Crippen LogP) is 3.77. The number of aromatic nitrogens is 1. The second-order valence-electron chi connectivity index (χ2n) is 4.45. The Balaban J connectivity index is 2.16. The number of nitrogens with one attached hydrogen (secondary N) is 1. The van der Waals surface area contributed by atoms with Crippen LogP contribution in [-0.4, -0.2) is 4.98 Å². The van der Waals surface area contributed by atoms with E-state index in [1.54, 1.807) is 0 Å². The molecule has 0 bridgehead atoms. The van der Waals surface area contributed by atoms with Crippen LogP contribution in [0.4, 0.5) is 0 Å². The highest BCUT2D eigenvalue weighted by Crippen LogP contribution is 2.24. The third-order valence-electron chi connectivity index (χ3n) is 3.17. The van der Waals surface area contributed by atoms with E-state index in [9.17, 15) is 4.79 Å². The molecule has 0 saturated carbocycles. The number of fused-ring (bicyclic) bond motifs is 1. The van der Waals surface area contributed by atoms with Crippen molar-refractivity contribution in [3.8, 4) is 0 Å². The molecule has 3 aromatic rings. The summed E-state index contributed by atoms with van der Waals surface area (Å²) in [4.78, 5) is 15.0. The zero-order valence-electron chi connectivity index (χ0n) is 10.2. The van der Waals surface area contributed by atoms with E-state index in [0.717, 1.165) is 16.5 Å². The number of pyridine rings is 1. The van der Waals surface area contributed by atoms with Gasteiger partial charge in [0, 0.05) is 22.9 Å². The molecule has 94 valence electrons. The lowest BCUT2D eigenvalue weighted by Crippen LogP contribution is -2.13. The van der Waals surface area contributed by atoms with Crippen LogP contribution in [0.15, 0.2) is 59.4 Å². The van der Waals surface area contributed by atoms with Gasteiger partial charge in [-0.15, -0.1) is 0 Å². The lowest BCUT2D eigenvalue weighted by molar-refractivity contribution is 1.12. The smallest absolute Gasteiger partial charge is 0.253 e. The van der Waals surface area contributed by atoms with E-state index in [2.05, 4.69) is 4.98 Å². The summed E-state index contributed by atoms with van der Waals surface area (Å²) in [6.07, 6.45) is 0.542. The Morgan fingerprint density at radius 1 is 0.947 bits per heavy atom. The van der Waals surface area contributed by atoms with Gasteiger partial charge in [-0.25, -0.2) is 0 Å². The monoisotopic (exact) mass is 269 g/mol. The summed E-state index contributed by atoms with van der Waals surface area (Å²) >= 11 is 6.38. The zero-order chi connectivity index (χ0) is 13.2. The van der Waals surface area contributed by atoms with Crippen LogP contribution in [0.5, 0.6) is 0 Å². The van der Waals surface area contributed by atoms with Crippen molar-refractivity contribution in [2.24, 2.45) is 0 Å². The molecule has 1 N–H and O–H groups in total. The first-order valence-electron chi connectivity index (χ1n) is 6.09. The Morgan fingerprint density at radius 2 is 1.63 bits per heavy atom. The second-order valence-corrected chi connectivity index (χ2v) is 4.83. The maximum atomic E-state index is 12.1. The van der Waals surface area contributed by atoms with E-state index in [4.69, 9.17) is 11.6 Å².